The molecular weight excluding hydrogens is 294 g/mol. The van der Waals surface area contributed by atoms with E-state index in [0.717, 1.165) is 26.5 Å². The average Bonchev–Trinajstić information content (AvgIpc) is 2.91. The molecule has 0 atom stereocenters. The van der Waals surface area contributed by atoms with E-state index in [0.29, 0.717) is 6.41 Å². The quantitative estimate of drug-likeness (QED) is 0.584. The molecule has 0 aliphatic rings. The van der Waals surface area contributed by atoms with E-state index in [4.69, 9.17) is 0 Å². The number of amides is 1. The van der Waals surface area contributed by atoms with Crippen molar-refractivity contribution in [3.63, 3.8) is 0 Å². The van der Waals surface area contributed by atoms with E-state index in [1.54, 1.807) is 11.3 Å². The molecule has 1 amide bonds. The summed E-state index contributed by atoms with van der Waals surface area (Å²) < 4.78 is 2.00. The third kappa shape index (κ3) is 2.71. The van der Waals surface area contributed by atoms with Crippen LogP contribution in [0.1, 0.15) is 0 Å². The predicted molar refractivity (Wildman–Crippen MR) is 88.9 cm³/mol. The summed E-state index contributed by atoms with van der Waals surface area (Å²) in [5.74, 6) is 0. The molecule has 0 fully saturated rings. The van der Waals surface area contributed by atoms with Gasteiger partial charge in [-0.05, 0) is 11.1 Å². The van der Waals surface area contributed by atoms with Gasteiger partial charge in [0.1, 0.15) is 0 Å². The lowest BCUT2D eigenvalue weighted by Crippen LogP contribution is -2.16. The van der Waals surface area contributed by atoms with Gasteiger partial charge in [-0.1, -0.05) is 72.0 Å². The molecule has 2 aromatic carbocycles. The molecule has 1 N–H and O–H groups in total. The first-order valence-electron chi connectivity index (χ1n) is 6.85. The number of hydrogen-bond acceptors (Lipinski definition) is 3. The zero-order valence-corrected chi connectivity index (χ0v) is 12.9. The molecule has 0 saturated carbocycles. The van der Waals surface area contributed by atoms with Crippen LogP contribution in [0.15, 0.2) is 65.8 Å². The van der Waals surface area contributed by atoms with Crippen LogP contribution in [0.2, 0.25) is 0 Å². The maximum absolute atomic E-state index is 10.5. The number of benzene rings is 2. The zero-order valence-electron chi connectivity index (χ0n) is 12.1. The lowest BCUT2D eigenvalue weighted by molar-refractivity contribution is -0.109. The van der Waals surface area contributed by atoms with Gasteiger partial charge in [0, 0.05) is 7.05 Å². The third-order valence-electron chi connectivity index (χ3n) is 3.33. The Morgan fingerprint density at radius 3 is 2.18 bits per heavy atom. The summed E-state index contributed by atoms with van der Waals surface area (Å²) >= 11 is 1.55. The first kappa shape index (κ1) is 14.3. The fraction of sp³-hybridized carbons (Fsp3) is 0.0588. The van der Waals surface area contributed by atoms with Crippen molar-refractivity contribution in [3.05, 3.63) is 65.5 Å². The Labute approximate surface area is 132 Å². The van der Waals surface area contributed by atoms with Crippen LogP contribution in [-0.4, -0.2) is 11.0 Å². The average molecular weight is 309 g/mol. The van der Waals surface area contributed by atoms with Crippen LogP contribution < -0.4 is 10.2 Å². The van der Waals surface area contributed by atoms with Gasteiger partial charge in [-0.3, -0.25) is 4.79 Å². The second-order valence-electron chi connectivity index (χ2n) is 4.71. The van der Waals surface area contributed by atoms with Gasteiger partial charge in [-0.25, -0.2) is 5.43 Å². The molecular formula is C17H15N3OS. The topological polar surface area (TPSA) is 46.4 Å². The predicted octanol–water partition coefficient (Wildman–Crippen LogP) is 2.98. The lowest BCUT2D eigenvalue weighted by Gasteiger charge is -2.07. The van der Waals surface area contributed by atoms with Crippen LogP contribution in [0.4, 0.5) is 0 Å². The normalized spacial score (nSPS) is 11.4. The van der Waals surface area contributed by atoms with Crippen LogP contribution in [-0.2, 0) is 11.8 Å². The molecule has 4 nitrogen and oxygen atoms in total. The minimum atomic E-state index is 0.574. The standard InChI is InChI=1S/C17H15N3OS/c1-20-15(13-8-4-2-5-9-13)16(14-10-6-3-7-11-14)22-17(20)19-18-12-21/h2-12H,1H3,(H,18,21). The van der Waals surface area contributed by atoms with Gasteiger partial charge in [0.05, 0.1) is 10.6 Å². The van der Waals surface area contributed by atoms with Gasteiger partial charge < -0.3 is 4.57 Å². The first-order valence-corrected chi connectivity index (χ1v) is 7.66. The molecule has 1 heterocycles. The highest BCUT2D eigenvalue weighted by Gasteiger charge is 2.14. The van der Waals surface area contributed by atoms with Crippen molar-refractivity contribution < 1.29 is 4.79 Å². The Hall–Kier alpha value is -2.66. The van der Waals surface area contributed by atoms with Gasteiger partial charge in [-0.2, -0.15) is 0 Å². The smallest absolute Gasteiger partial charge is 0.227 e. The molecule has 22 heavy (non-hydrogen) atoms. The van der Waals surface area contributed by atoms with E-state index in [1.165, 1.54) is 0 Å². The number of carbonyl (C=O) groups excluding carboxylic acids is 1. The molecule has 0 radical (unpaired) electrons. The van der Waals surface area contributed by atoms with Crippen molar-refractivity contribution in [3.8, 4) is 21.7 Å². The van der Waals surface area contributed by atoms with E-state index < -0.39 is 0 Å². The fourth-order valence-electron chi connectivity index (χ4n) is 2.34. The number of carbonyl (C=O) groups is 1. The van der Waals surface area contributed by atoms with Gasteiger partial charge in [-0.15, -0.1) is 5.10 Å². The summed E-state index contributed by atoms with van der Waals surface area (Å²) in [5.41, 5.74) is 5.72. The summed E-state index contributed by atoms with van der Waals surface area (Å²) in [7, 11) is 1.95. The van der Waals surface area contributed by atoms with E-state index in [-0.39, 0.29) is 0 Å². The van der Waals surface area contributed by atoms with Crippen molar-refractivity contribution in [2.24, 2.45) is 12.1 Å². The Bertz CT molecular complexity index is 835. The second kappa shape index (κ2) is 6.41. The molecule has 1 aromatic heterocycles. The van der Waals surface area contributed by atoms with Crippen molar-refractivity contribution in [2.45, 2.75) is 0 Å². The second-order valence-corrected chi connectivity index (χ2v) is 5.69. The highest BCUT2D eigenvalue weighted by molar-refractivity contribution is 7.13. The van der Waals surface area contributed by atoms with Crippen LogP contribution in [0.5, 0.6) is 0 Å². The Morgan fingerprint density at radius 2 is 1.59 bits per heavy atom. The molecule has 0 aliphatic heterocycles. The molecule has 110 valence electrons. The first-order chi connectivity index (χ1) is 10.8. The molecule has 5 heteroatoms. The summed E-state index contributed by atoms with van der Waals surface area (Å²) in [5, 5.41) is 4.12. The number of hydrogen-bond donors (Lipinski definition) is 1. The minimum absolute atomic E-state index is 0.574. The van der Waals surface area contributed by atoms with Gasteiger partial charge in [0.25, 0.3) is 0 Å². The van der Waals surface area contributed by atoms with E-state index >= 15 is 0 Å². The van der Waals surface area contributed by atoms with Crippen molar-refractivity contribution in [1.29, 1.82) is 0 Å². The van der Waals surface area contributed by atoms with Crippen molar-refractivity contribution >= 4 is 17.7 Å². The summed E-state index contributed by atoms with van der Waals surface area (Å²) in [6.45, 7) is 0. The van der Waals surface area contributed by atoms with Crippen molar-refractivity contribution in [1.82, 2.24) is 9.99 Å². The van der Waals surface area contributed by atoms with Crippen LogP contribution in [0, 0.1) is 0 Å². The Kier molecular flexibility index (Phi) is 4.16. The van der Waals surface area contributed by atoms with E-state index in [1.807, 2.05) is 48.0 Å². The highest BCUT2D eigenvalue weighted by atomic mass is 32.1. The van der Waals surface area contributed by atoms with Crippen molar-refractivity contribution in [2.75, 3.05) is 0 Å². The Morgan fingerprint density at radius 1 is 1.00 bits per heavy atom. The number of rotatable bonds is 4. The summed E-state index contributed by atoms with van der Waals surface area (Å²) in [4.78, 5) is 12.4. The van der Waals surface area contributed by atoms with Crippen LogP contribution >= 0.6 is 11.3 Å². The number of nitrogens with one attached hydrogen (secondary N) is 1. The molecule has 0 spiro atoms. The molecule has 0 bridgehead atoms. The highest BCUT2D eigenvalue weighted by Crippen LogP contribution is 2.33. The lowest BCUT2D eigenvalue weighted by atomic mass is 10.1. The molecule has 0 aliphatic carbocycles. The molecule has 3 aromatic rings. The van der Waals surface area contributed by atoms with Gasteiger partial charge in [0.15, 0.2) is 0 Å². The van der Waals surface area contributed by atoms with Crippen LogP contribution in [0.25, 0.3) is 21.7 Å². The third-order valence-corrected chi connectivity index (χ3v) is 4.51. The van der Waals surface area contributed by atoms with E-state index in [2.05, 4.69) is 34.8 Å². The maximum atomic E-state index is 10.5. The molecule has 0 saturated heterocycles. The summed E-state index contributed by atoms with van der Waals surface area (Å²) in [6.07, 6.45) is 0.574. The molecule has 3 rings (SSSR count). The van der Waals surface area contributed by atoms with Gasteiger partial charge >= 0.3 is 0 Å². The Balaban J connectivity index is 2.26. The number of thiazole rings is 1. The SMILES string of the molecule is Cn1c(-c2ccccc2)c(-c2ccccc2)sc1=NNC=O. The minimum Gasteiger partial charge on any atom is -0.318 e. The van der Waals surface area contributed by atoms with Gasteiger partial charge in [0.2, 0.25) is 11.2 Å². The number of aromatic nitrogens is 1. The van der Waals surface area contributed by atoms with E-state index in [9.17, 15) is 4.79 Å². The summed E-state index contributed by atoms with van der Waals surface area (Å²) in [6, 6.07) is 20.4. The number of nitrogens with zero attached hydrogens (tertiary/aromatic N) is 2. The maximum Gasteiger partial charge on any atom is 0.227 e. The monoisotopic (exact) mass is 309 g/mol. The van der Waals surface area contributed by atoms with Crippen LogP contribution in [0.3, 0.4) is 0 Å². The molecule has 0 unspecified atom stereocenters. The fourth-order valence-corrected chi connectivity index (χ4v) is 3.46. The largest absolute Gasteiger partial charge is 0.318 e. The zero-order chi connectivity index (χ0) is 15.4.